The molecular formula is C12H15N3O3. The summed E-state index contributed by atoms with van der Waals surface area (Å²) in [5.74, 6) is -0.893. The first kappa shape index (κ1) is 12.4. The zero-order valence-corrected chi connectivity index (χ0v) is 10.1. The molecule has 2 rings (SSSR count). The predicted octanol–water partition coefficient (Wildman–Crippen LogP) is 0.390. The lowest BCUT2D eigenvalue weighted by Crippen LogP contribution is -2.21. The van der Waals surface area contributed by atoms with Crippen LogP contribution in [0.3, 0.4) is 0 Å². The zero-order chi connectivity index (χ0) is 13.1. The summed E-state index contributed by atoms with van der Waals surface area (Å²) in [6.07, 6.45) is 3.49. The molecule has 0 amide bonds. The van der Waals surface area contributed by atoms with Gasteiger partial charge in [0.05, 0.1) is 24.4 Å². The topological polar surface area (TPSA) is 78.1 Å². The van der Waals surface area contributed by atoms with Crippen LogP contribution >= 0.6 is 0 Å². The van der Waals surface area contributed by atoms with Crippen molar-refractivity contribution in [2.24, 2.45) is 0 Å². The van der Waals surface area contributed by atoms with Crippen molar-refractivity contribution in [3.8, 4) is 0 Å². The second-order valence-corrected chi connectivity index (χ2v) is 4.10. The number of carboxylic acid groups (broad SMARTS) is 1. The number of imidazole rings is 1. The Morgan fingerprint density at radius 3 is 2.89 bits per heavy atom. The highest BCUT2D eigenvalue weighted by Crippen LogP contribution is 2.15. The number of aliphatic carboxylic acids is 1. The zero-order valence-electron chi connectivity index (χ0n) is 10.1. The molecule has 6 heteroatoms. The Morgan fingerprint density at radius 2 is 2.22 bits per heavy atom. The number of aromatic nitrogens is 2. The Kier molecular flexibility index (Phi) is 3.47. The summed E-state index contributed by atoms with van der Waals surface area (Å²) >= 11 is 0. The minimum Gasteiger partial charge on any atom is -0.481 e. The first-order chi connectivity index (χ1) is 8.60. The second kappa shape index (κ2) is 5.05. The van der Waals surface area contributed by atoms with Gasteiger partial charge in [0.25, 0.3) is 0 Å². The van der Waals surface area contributed by atoms with E-state index < -0.39 is 5.97 Å². The summed E-state index contributed by atoms with van der Waals surface area (Å²) < 4.78 is 1.79. The SMILES string of the molecule is CN(CCO)c1ccc2nc(CC(=O)O)cn2c1. The fraction of sp³-hybridized carbons (Fsp3) is 0.333. The molecule has 0 aliphatic rings. The summed E-state index contributed by atoms with van der Waals surface area (Å²) in [6, 6.07) is 3.72. The normalized spacial score (nSPS) is 10.8. The Morgan fingerprint density at radius 1 is 1.44 bits per heavy atom. The van der Waals surface area contributed by atoms with E-state index in [0.29, 0.717) is 17.9 Å². The number of aliphatic hydroxyl groups excluding tert-OH is 1. The van der Waals surface area contributed by atoms with Gasteiger partial charge >= 0.3 is 5.97 Å². The minimum absolute atomic E-state index is 0.0799. The maximum absolute atomic E-state index is 10.6. The van der Waals surface area contributed by atoms with Crippen molar-refractivity contribution in [2.45, 2.75) is 6.42 Å². The van der Waals surface area contributed by atoms with Crippen LogP contribution in [0.25, 0.3) is 5.65 Å². The molecule has 2 aromatic rings. The van der Waals surface area contributed by atoms with Crippen molar-refractivity contribution >= 4 is 17.3 Å². The highest BCUT2D eigenvalue weighted by molar-refractivity contribution is 5.70. The van der Waals surface area contributed by atoms with E-state index in [2.05, 4.69) is 4.98 Å². The molecule has 0 bridgehead atoms. The molecule has 2 heterocycles. The van der Waals surface area contributed by atoms with Crippen LogP contribution in [0.15, 0.2) is 24.5 Å². The molecule has 0 atom stereocenters. The largest absolute Gasteiger partial charge is 0.481 e. The van der Waals surface area contributed by atoms with E-state index in [-0.39, 0.29) is 13.0 Å². The number of carbonyl (C=O) groups is 1. The van der Waals surface area contributed by atoms with Gasteiger partial charge < -0.3 is 19.5 Å². The predicted molar refractivity (Wildman–Crippen MR) is 66.9 cm³/mol. The van der Waals surface area contributed by atoms with E-state index in [1.54, 1.807) is 10.6 Å². The molecule has 0 saturated carbocycles. The highest BCUT2D eigenvalue weighted by atomic mass is 16.4. The number of pyridine rings is 1. The number of hydrogen-bond donors (Lipinski definition) is 2. The van der Waals surface area contributed by atoms with Crippen LogP contribution in [-0.2, 0) is 11.2 Å². The van der Waals surface area contributed by atoms with Gasteiger partial charge in [-0.2, -0.15) is 0 Å². The first-order valence-electron chi connectivity index (χ1n) is 5.61. The third kappa shape index (κ3) is 2.60. The molecule has 0 fully saturated rings. The Labute approximate surface area is 104 Å². The number of hydrogen-bond acceptors (Lipinski definition) is 4. The molecule has 0 radical (unpaired) electrons. The van der Waals surface area contributed by atoms with E-state index in [0.717, 1.165) is 5.69 Å². The highest BCUT2D eigenvalue weighted by Gasteiger charge is 2.07. The number of nitrogens with zero attached hydrogens (tertiary/aromatic N) is 3. The molecule has 2 aromatic heterocycles. The van der Waals surface area contributed by atoms with Crippen LogP contribution in [0.2, 0.25) is 0 Å². The Hall–Kier alpha value is -2.08. The lowest BCUT2D eigenvalue weighted by Gasteiger charge is -2.17. The van der Waals surface area contributed by atoms with Crippen LogP contribution in [0.5, 0.6) is 0 Å². The van der Waals surface area contributed by atoms with Gasteiger partial charge in [-0.25, -0.2) is 4.98 Å². The average molecular weight is 249 g/mol. The average Bonchev–Trinajstić information content (AvgIpc) is 2.69. The Balaban J connectivity index is 2.30. The van der Waals surface area contributed by atoms with E-state index in [4.69, 9.17) is 10.2 Å². The molecular weight excluding hydrogens is 234 g/mol. The van der Waals surface area contributed by atoms with E-state index in [9.17, 15) is 4.79 Å². The van der Waals surface area contributed by atoms with Gasteiger partial charge in [0, 0.05) is 26.0 Å². The van der Waals surface area contributed by atoms with Crippen molar-refractivity contribution < 1.29 is 15.0 Å². The van der Waals surface area contributed by atoms with Crippen LogP contribution in [0.4, 0.5) is 5.69 Å². The maximum atomic E-state index is 10.6. The monoisotopic (exact) mass is 249 g/mol. The van der Waals surface area contributed by atoms with Gasteiger partial charge in [-0.3, -0.25) is 4.79 Å². The maximum Gasteiger partial charge on any atom is 0.309 e. The number of rotatable bonds is 5. The smallest absolute Gasteiger partial charge is 0.309 e. The third-order valence-corrected chi connectivity index (χ3v) is 2.69. The van der Waals surface area contributed by atoms with Gasteiger partial charge in [-0.15, -0.1) is 0 Å². The lowest BCUT2D eigenvalue weighted by molar-refractivity contribution is -0.136. The molecule has 96 valence electrons. The summed E-state index contributed by atoms with van der Waals surface area (Å²) in [6.45, 7) is 0.630. The third-order valence-electron chi connectivity index (χ3n) is 2.69. The molecule has 0 unspecified atom stereocenters. The summed E-state index contributed by atoms with van der Waals surface area (Å²) in [4.78, 5) is 16.7. The summed E-state index contributed by atoms with van der Waals surface area (Å²) in [5.41, 5.74) is 2.19. The molecule has 0 aromatic carbocycles. The van der Waals surface area contributed by atoms with Gasteiger partial charge in [0.15, 0.2) is 0 Å². The molecule has 0 aliphatic carbocycles. The van der Waals surface area contributed by atoms with E-state index in [1.807, 2.05) is 30.3 Å². The van der Waals surface area contributed by atoms with Crippen molar-refractivity contribution in [3.05, 3.63) is 30.2 Å². The number of anilines is 1. The van der Waals surface area contributed by atoms with Crippen molar-refractivity contribution in [2.75, 3.05) is 25.1 Å². The lowest BCUT2D eigenvalue weighted by atomic mass is 10.3. The summed E-state index contributed by atoms with van der Waals surface area (Å²) in [5, 5.41) is 17.6. The van der Waals surface area contributed by atoms with Gasteiger partial charge in [0.1, 0.15) is 5.65 Å². The van der Waals surface area contributed by atoms with Gasteiger partial charge in [0.2, 0.25) is 0 Å². The van der Waals surface area contributed by atoms with Crippen molar-refractivity contribution in [1.82, 2.24) is 9.38 Å². The molecule has 6 nitrogen and oxygen atoms in total. The quantitative estimate of drug-likeness (QED) is 0.801. The number of carboxylic acids is 1. The Bertz CT molecular complexity index is 565. The fourth-order valence-electron chi connectivity index (χ4n) is 1.78. The molecule has 0 aliphatic heterocycles. The van der Waals surface area contributed by atoms with Gasteiger partial charge in [-0.1, -0.05) is 0 Å². The van der Waals surface area contributed by atoms with Crippen LogP contribution in [-0.4, -0.2) is 45.8 Å². The van der Waals surface area contributed by atoms with Crippen LogP contribution in [0.1, 0.15) is 5.69 Å². The van der Waals surface area contributed by atoms with Gasteiger partial charge in [-0.05, 0) is 12.1 Å². The van der Waals surface area contributed by atoms with Crippen LogP contribution < -0.4 is 4.90 Å². The first-order valence-corrected chi connectivity index (χ1v) is 5.61. The van der Waals surface area contributed by atoms with E-state index in [1.165, 1.54) is 0 Å². The van der Waals surface area contributed by atoms with Crippen LogP contribution in [0, 0.1) is 0 Å². The molecule has 0 spiro atoms. The fourth-order valence-corrected chi connectivity index (χ4v) is 1.78. The number of likely N-dealkylation sites (N-methyl/N-ethyl adjacent to an activating group) is 1. The number of fused-ring (bicyclic) bond motifs is 1. The van der Waals surface area contributed by atoms with Crippen molar-refractivity contribution in [1.29, 1.82) is 0 Å². The standard InChI is InChI=1S/C12H15N3O3/c1-14(4-5-16)10-2-3-11-13-9(6-12(17)18)7-15(11)8-10/h2-3,7-8,16H,4-6H2,1H3,(H,17,18). The molecule has 18 heavy (non-hydrogen) atoms. The second-order valence-electron chi connectivity index (χ2n) is 4.10. The minimum atomic E-state index is -0.893. The molecule has 2 N–H and O–H groups in total. The van der Waals surface area contributed by atoms with E-state index >= 15 is 0 Å². The van der Waals surface area contributed by atoms with Crippen molar-refractivity contribution in [3.63, 3.8) is 0 Å². The summed E-state index contributed by atoms with van der Waals surface area (Å²) in [7, 11) is 1.88. The molecule has 0 saturated heterocycles. The number of aliphatic hydroxyl groups is 1.